The number of anilines is 1. The van der Waals surface area contributed by atoms with Crippen LogP contribution >= 0.6 is 0 Å². The fourth-order valence-electron chi connectivity index (χ4n) is 3.99. The molecule has 0 spiro atoms. The van der Waals surface area contributed by atoms with Crippen molar-refractivity contribution in [2.45, 2.75) is 39.3 Å². The van der Waals surface area contributed by atoms with Crippen molar-refractivity contribution >= 4 is 5.69 Å². The van der Waals surface area contributed by atoms with Crippen LogP contribution in [0, 0.1) is 18.3 Å². The molecule has 3 rings (SSSR count). The van der Waals surface area contributed by atoms with Gasteiger partial charge in [-0.15, -0.1) is 0 Å². The lowest BCUT2D eigenvalue weighted by atomic mass is 9.56. The van der Waals surface area contributed by atoms with Crippen LogP contribution in [0.1, 0.15) is 26.0 Å². The molecule has 0 aromatic carbocycles. The van der Waals surface area contributed by atoms with Gasteiger partial charge in [0.1, 0.15) is 0 Å². The molecule has 2 aliphatic rings. The molecule has 1 aliphatic carbocycles. The van der Waals surface area contributed by atoms with Gasteiger partial charge in [0.25, 0.3) is 0 Å². The Morgan fingerprint density at radius 2 is 2.22 bits per heavy atom. The number of rotatable bonds is 2. The standard InChI is InChI=1S/C15H22N2O/c1-10-9-11(5-7-16-10)17(4)13-12-6-8-18-14(12)15(13,2)3/h5,7,9,12-14H,6,8H2,1-4H3. The summed E-state index contributed by atoms with van der Waals surface area (Å²) in [5.74, 6) is 0.693. The minimum Gasteiger partial charge on any atom is -0.377 e. The van der Waals surface area contributed by atoms with Gasteiger partial charge in [-0.1, -0.05) is 13.8 Å². The Kier molecular flexibility index (Phi) is 2.63. The molecule has 3 heteroatoms. The molecule has 3 atom stereocenters. The zero-order valence-corrected chi connectivity index (χ0v) is 11.7. The van der Waals surface area contributed by atoms with Crippen molar-refractivity contribution in [3.63, 3.8) is 0 Å². The molecule has 2 heterocycles. The third-order valence-electron chi connectivity index (χ3n) is 4.74. The molecule has 3 nitrogen and oxygen atoms in total. The molecule has 0 radical (unpaired) electrons. The van der Waals surface area contributed by atoms with Crippen LogP contribution in [0.4, 0.5) is 5.69 Å². The molecule has 1 aliphatic heterocycles. The summed E-state index contributed by atoms with van der Waals surface area (Å²) in [6, 6.07) is 4.85. The first-order valence-corrected chi connectivity index (χ1v) is 6.79. The van der Waals surface area contributed by atoms with E-state index in [1.54, 1.807) is 0 Å². The van der Waals surface area contributed by atoms with Crippen LogP contribution < -0.4 is 4.90 Å². The largest absolute Gasteiger partial charge is 0.377 e. The Bertz CT molecular complexity index is 458. The van der Waals surface area contributed by atoms with E-state index in [-0.39, 0.29) is 5.41 Å². The molecule has 0 N–H and O–H groups in total. The monoisotopic (exact) mass is 246 g/mol. The first-order chi connectivity index (χ1) is 8.51. The quantitative estimate of drug-likeness (QED) is 0.802. The van der Waals surface area contributed by atoms with Crippen LogP contribution in [0.5, 0.6) is 0 Å². The summed E-state index contributed by atoms with van der Waals surface area (Å²) in [6.07, 6.45) is 3.55. The van der Waals surface area contributed by atoms with E-state index in [0.29, 0.717) is 18.1 Å². The Balaban J connectivity index is 1.87. The smallest absolute Gasteiger partial charge is 0.0694 e. The Labute approximate surface area is 109 Å². The molecule has 1 aromatic rings. The second kappa shape index (κ2) is 3.95. The van der Waals surface area contributed by atoms with Gasteiger partial charge in [0.05, 0.1) is 6.10 Å². The number of pyridine rings is 1. The molecular formula is C15H22N2O. The van der Waals surface area contributed by atoms with Gasteiger partial charge >= 0.3 is 0 Å². The molecule has 98 valence electrons. The third-order valence-corrected chi connectivity index (χ3v) is 4.74. The Morgan fingerprint density at radius 3 is 2.94 bits per heavy atom. The number of ether oxygens (including phenoxy) is 1. The lowest BCUT2D eigenvalue weighted by molar-refractivity contribution is -0.101. The molecule has 18 heavy (non-hydrogen) atoms. The fourth-order valence-corrected chi connectivity index (χ4v) is 3.99. The van der Waals surface area contributed by atoms with Crippen LogP contribution in [-0.2, 0) is 4.74 Å². The Morgan fingerprint density at radius 1 is 1.44 bits per heavy atom. The number of fused-ring (bicyclic) bond motifs is 1. The summed E-state index contributed by atoms with van der Waals surface area (Å²) in [5, 5.41) is 0. The molecule has 1 saturated heterocycles. The van der Waals surface area contributed by atoms with E-state index in [1.165, 1.54) is 12.1 Å². The van der Waals surface area contributed by atoms with E-state index < -0.39 is 0 Å². The van der Waals surface area contributed by atoms with Crippen LogP contribution in [0.2, 0.25) is 0 Å². The minimum absolute atomic E-state index is 0.243. The van der Waals surface area contributed by atoms with Crippen LogP contribution in [0.15, 0.2) is 18.3 Å². The number of nitrogens with zero attached hydrogens (tertiary/aromatic N) is 2. The van der Waals surface area contributed by atoms with E-state index in [0.717, 1.165) is 12.3 Å². The molecule has 1 saturated carbocycles. The van der Waals surface area contributed by atoms with Crippen LogP contribution in [0.3, 0.4) is 0 Å². The maximum atomic E-state index is 5.87. The molecule has 3 unspecified atom stereocenters. The van der Waals surface area contributed by atoms with Crippen molar-refractivity contribution in [2.75, 3.05) is 18.6 Å². The van der Waals surface area contributed by atoms with Crippen molar-refractivity contribution < 1.29 is 4.74 Å². The molecule has 1 aromatic heterocycles. The summed E-state index contributed by atoms with van der Waals surface area (Å²) in [4.78, 5) is 6.70. The average molecular weight is 246 g/mol. The van der Waals surface area contributed by atoms with E-state index in [9.17, 15) is 0 Å². The van der Waals surface area contributed by atoms with E-state index in [1.807, 2.05) is 13.1 Å². The van der Waals surface area contributed by atoms with Gasteiger partial charge in [0.2, 0.25) is 0 Å². The van der Waals surface area contributed by atoms with Crippen molar-refractivity contribution in [1.29, 1.82) is 0 Å². The Hall–Kier alpha value is -1.09. The SMILES string of the molecule is Cc1cc(N(C)C2C3CCOC3C2(C)C)ccn1. The highest BCUT2D eigenvalue weighted by molar-refractivity contribution is 5.48. The maximum absolute atomic E-state index is 5.87. The second-order valence-electron chi connectivity index (χ2n) is 6.28. The zero-order chi connectivity index (χ0) is 12.9. The topological polar surface area (TPSA) is 25.4 Å². The minimum atomic E-state index is 0.243. The normalized spacial score (nSPS) is 32.8. The summed E-state index contributed by atoms with van der Waals surface area (Å²) >= 11 is 0. The van der Waals surface area contributed by atoms with Crippen molar-refractivity contribution in [2.24, 2.45) is 11.3 Å². The van der Waals surface area contributed by atoms with E-state index in [4.69, 9.17) is 4.74 Å². The zero-order valence-electron chi connectivity index (χ0n) is 11.7. The summed E-state index contributed by atoms with van der Waals surface area (Å²) in [5.41, 5.74) is 2.59. The molecule has 2 fully saturated rings. The lowest BCUT2D eigenvalue weighted by Crippen LogP contribution is -2.66. The summed E-state index contributed by atoms with van der Waals surface area (Å²) in [7, 11) is 2.20. The van der Waals surface area contributed by atoms with Gasteiger partial charge in [-0.2, -0.15) is 0 Å². The maximum Gasteiger partial charge on any atom is 0.0694 e. The lowest BCUT2D eigenvalue weighted by Gasteiger charge is -2.58. The average Bonchev–Trinajstić information content (AvgIpc) is 2.75. The first kappa shape index (κ1) is 12.0. The van der Waals surface area contributed by atoms with Gasteiger partial charge in [-0.05, 0) is 25.5 Å². The first-order valence-electron chi connectivity index (χ1n) is 6.79. The predicted molar refractivity (Wildman–Crippen MR) is 72.8 cm³/mol. The summed E-state index contributed by atoms with van der Waals surface area (Å²) < 4.78 is 5.87. The number of aromatic nitrogens is 1. The van der Waals surface area contributed by atoms with Gasteiger partial charge in [0, 0.05) is 48.6 Å². The second-order valence-corrected chi connectivity index (χ2v) is 6.28. The van der Waals surface area contributed by atoms with Crippen LogP contribution in [0.25, 0.3) is 0 Å². The number of hydrogen-bond donors (Lipinski definition) is 0. The van der Waals surface area contributed by atoms with Gasteiger partial charge in [-0.3, -0.25) is 4.98 Å². The highest BCUT2D eigenvalue weighted by Crippen LogP contribution is 2.54. The molecule has 0 amide bonds. The highest BCUT2D eigenvalue weighted by Gasteiger charge is 2.60. The third kappa shape index (κ3) is 1.57. The molecular weight excluding hydrogens is 224 g/mol. The fraction of sp³-hybridized carbons (Fsp3) is 0.667. The van der Waals surface area contributed by atoms with E-state index in [2.05, 4.69) is 42.9 Å². The number of hydrogen-bond acceptors (Lipinski definition) is 3. The molecule has 0 bridgehead atoms. The number of aryl methyl sites for hydroxylation is 1. The highest BCUT2D eigenvalue weighted by atomic mass is 16.5. The van der Waals surface area contributed by atoms with Gasteiger partial charge in [0.15, 0.2) is 0 Å². The van der Waals surface area contributed by atoms with E-state index >= 15 is 0 Å². The van der Waals surface area contributed by atoms with Crippen molar-refractivity contribution in [3.8, 4) is 0 Å². The van der Waals surface area contributed by atoms with Crippen LogP contribution in [-0.4, -0.2) is 30.8 Å². The van der Waals surface area contributed by atoms with Crippen molar-refractivity contribution in [1.82, 2.24) is 4.98 Å². The van der Waals surface area contributed by atoms with Gasteiger partial charge < -0.3 is 9.64 Å². The van der Waals surface area contributed by atoms with Gasteiger partial charge in [-0.25, -0.2) is 0 Å². The summed E-state index contributed by atoms with van der Waals surface area (Å²) in [6.45, 7) is 7.63. The van der Waals surface area contributed by atoms with Crippen molar-refractivity contribution in [3.05, 3.63) is 24.0 Å². The predicted octanol–water partition coefficient (Wildman–Crippen LogP) is 2.64.